The maximum absolute atomic E-state index is 15.4. The van der Waals surface area contributed by atoms with E-state index in [-0.39, 0.29) is 25.3 Å². The van der Waals surface area contributed by atoms with E-state index in [1.54, 1.807) is 11.1 Å². The van der Waals surface area contributed by atoms with Crippen LogP contribution in [0.25, 0.3) is 27.7 Å². The Bertz CT molecular complexity index is 1820. The van der Waals surface area contributed by atoms with Gasteiger partial charge >= 0.3 is 0 Å². The number of amides is 1. The highest BCUT2D eigenvalue weighted by Gasteiger charge is 2.34. The number of rotatable bonds is 7. The first-order chi connectivity index (χ1) is 22.0. The molecule has 0 atom stereocenters. The van der Waals surface area contributed by atoms with E-state index in [1.165, 1.54) is 11.6 Å². The lowest BCUT2D eigenvalue weighted by atomic mass is 9.95. The van der Waals surface area contributed by atoms with E-state index in [1.807, 2.05) is 30.3 Å². The number of carbonyl (C=O) groups is 1. The van der Waals surface area contributed by atoms with E-state index in [2.05, 4.69) is 38.8 Å². The first-order valence-corrected chi connectivity index (χ1v) is 16.2. The fraction of sp³-hybridized carbons (Fsp3) is 0.389. The highest BCUT2D eigenvalue weighted by molar-refractivity contribution is 6.09. The highest BCUT2D eigenvalue weighted by Crippen LogP contribution is 2.44. The topological polar surface area (TPSA) is 84.9 Å². The molecule has 2 aromatic carbocycles. The Morgan fingerprint density at radius 2 is 1.98 bits per heavy atom. The summed E-state index contributed by atoms with van der Waals surface area (Å²) in [5.41, 5.74) is 6.85. The quantitative estimate of drug-likeness (QED) is 0.286. The molecule has 45 heavy (non-hydrogen) atoms. The van der Waals surface area contributed by atoms with Crippen LogP contribution in [0, 0.1) is 5.82 Å². The molecule has 1 amide bonds. The minimum Gasteiger partial charge on any atom is -0.491 e. The molecule has 9 heteroatoms. The number of likely N-dealkylation sites (tertiary alicyclic amines) is 1. The van der Waals surface area contributed by atoms with Crippen LogP contribution in [-0.2, 0) is 6.61 Å². The molecule has 0 unspecified atom stereocenters. The second kappa shape index (κ2) is 11.4. The maximum Gasteiger partial charge on any atom is 0.265 e. The van der Waals surface area contributed by atoms with Gasteiger partial charge in [-0.05, 0) is 84.3 Å². The van der Waals surface area contributed by atoms with Crippen LogP contribution in [-0.4, -0.2) is 82.7 Å². The van der Waals surface area contributed by atoms with Gasteiger partial charge in [-0.15, -0.1) is 0 Å². The van der Waals surface area contributed by atoms with E-state index in [9.17, 15) is 9.90 Å². The maximum atomic E-state index is 15.4. The average molecular weight is 608 g/mol. The van der Waals surface area contributed by atoms with Crippen molar-refractivity contribution >= 4 is 28.2 Å². The number of carbonyl (C=O) groups excluding carboxylic acids is 1. The standard InChI is InChI=1S/C36H38FN5O3/c1-2-40-19-25(20-40)41-12-9-23(10-13-41)31-18-28-27(8-11-38-35(28)39-31)26-4-3-5-32(29(26)21-43)42-14-15-45-33-17-24(22-6-7-22)16-30(37)34(33)36(42)44/h3-5,8-9,11,16-18,22,25,43H,2,6-7,10,12-15,19-21H2,1H3,(H,38,39). The van der Waals surface area contributed by atoms with Gasteiger partial charge in [0.05, 0.1) is 18.8 Å². The zero-order chi connectivity index (χ0) is 30.7. The number of aromatic nitrogens is 2. The van der Waals surface area contributed by atoms with E-state index in [0.717, 1.165) is 85.4 Å². The molecule has 8 rings (SSSR count). The number of nitrogens with zero attached hydrogens (tertiary/aromatic N) is 4. The summed E-state index contributed by atoms with van der Waals surface area (Å²) in [7, 11) is 0. The fourth-order valence-corrected chi connectivity index (χ4v) is 7.26. The molecule has 1 aliphatic carbocycles. The monoisotopic (exact) mass is 607 g/mol. The number of pyridine rings is 1. The van der Waals surface area contributed by atoms with Gasteiger partial charge in [0.1, 0.15) is 29.4 Å². The molecule has 5 heterocycles. The SMILES string of the molecule is CCN1CC(N2CC=C(c3cc4c(-c5cccc(N6CCOc7cc(C8CC8)cc(F)c7C6=O)c5CO)ccnc4[nH]3)CC2)C1. The Hall–Kier alpha value is -4.05. The number of nitrogens with one attached hydrogen (secondary N) is 1. The Balaban J connectivity index is 1.11. The Kier molecular flexibility index (Phi) is 7.19. The Morgan fingerprint density at radius 1 is 1.11 bits per heavy atom. The van der Waals surface area contributed by atoms with Gasteiger partial charge in [-0.2, -0.15) is 0 Å². The molecule has 2 N–H and O–H groups in total. The molecule has 1 saturated heterocycles. The predicted octanol–water partition coefficient (Wildman–Crippen LogP) is 5.57. The molecule has 0 spiro atoms. The molecule has 8 nitrogen and oxygen atoms in total. The number of ether oxygens (including phenoxy) is 1. The van der Waals surface area contributed by atoms with Crippen molar-refractivity contribution in [1.29, 1.82) is 0 Å². The summed E-state index contributed by atoms with van der Waals surface area (Å²) in [4.78, 5) is 28.6. The Labute approximate surface area is 262 Å². The number of H-pyrrole nitrogens is 1. The Morgan fingerprint density at radius 3 is 2.73 bits per heavy atom. The molecule has 4 aliphatic rings. The number of halogens is 1. The van der Waals surface area contributed by atoms with Gasteiger partial charge in [0.25, 0.3) is 5.91 Å². The molecule has 4 aromatic rings. The van der Waals surface area contributed by atoms with E-state index in [4.69, 9.17) is 4.74 Å². The van der Waals surface area contributed by atoms with E-state index < -0.39 is 11.7 Å². The minimum atomic E-state index is -0.556. The molecule has 2 fully saturated rings. The van der Waals surface area contributed by atoms with Crippen LogP contribution in [0.5, 0.6) is 5.75 Å². The lowest BCUT2D eigenvalue weighted by Gasteiger charge is -2.46. The number of aromatic amines is 1. The lowest BCUT2D eigenvalue weighted by Crippen LogP contribution is -2.59. The third-order valence-corrected chi connectivity index (χ3v) is 10.1. The summed E-state index contributed by atoms with van der Waals surface area (Å²) < 4.78 is 21.3. The number of likely N-dealkylation sites (N-methyl/N-ethyl adjacent to an activating group) is 1. The number of anilines is 1. The van der Waals surface area contributed by atoms with Gasteiger partial charge < -0.3 is 24.6 Å². The summed E-state index contributed by atoms with van der Waals surface area (Å²) in [6.07, 6.45) is 7.14. The first kappa shape index (κ1) is 28.4. The first-order valence-electron chi connectivity index (χ1n) is 16.2. The summed E-state index contributed by atoms with van der Waals surface area (Å²) in [5, 5.41) is 11.7. The van der Waals surface area contributed by atoms with Crippen LogP contribution < -0.4 is 9.64 Å². The van der Waals surface area contributed by atoms with Gasteiger partial charge in [-0.1, -0.05) is 25.1 Å². The van der Waals surface area contributed by atoms with Crippen molar-refractivity contribution in [3.8, 4) is 16.9 Å². The van der Waals surface area contributed by atoms with Crippen molar-refractivity contribution < 1.29 is 19.0 Å². The molecule has 2 aromatic heterocycles. The molecular weight excluding hydrogens is 569 g/mol. The van der Waals surface area contributed by atoms with Gasteiger partial charge in [-0.25, -0.2) is 9.37 Å². The van der Waals surface area contributed by atoms with Crippen molar-refractivity contribution in [2.24, 2.45) is 0 Å². The normalized spacial score (nSPS) is 19.7. The third-order valence-electron chi connectivity index (χ3n) is 10.1. The van der Waals surface area contributed by atoms with Crippen LogP contribution >= 0.6 is 0 Å². The van der Waals surface area contributed by atoms with Crippen molar-refractivity contribution in [2.75, 3.05) is 50.8 Å². The van der Waals surface area contributed by atoms with Gasteiger partial charge in [0.2, 0.25) is 0 Å². The summed E-state index contributed by atoms with van der Waals surface area (Å²) in [6, 6.07) is 13.7. The fourth-order valence-electron chi connectivity index (χ4n) is 7.26. The average Bonchev–Trinajstić information content (AvgIpc) is 3.82. The predicted molar refractivity (Wildman–Crippen MR) is 173 cm³/mol. The van der Waals surface area contributed by atoms with Crippen LogP contribution in [0.15, 0.2) is 54.7 Å². The summed E-state index contributed by atoms with van der Waals surface area (Å²) in [5.74, 6) is -0.368. The highest BCUT2D eigenvalue weighted by atomic mass is 19.1. The number of hydrogen-bond donors (Lipinski definition) is 2. The number of aliphatic hydroxyl groups is 1. The lowest BCUT2D eigenvalue weighted by molar-refractivity contribution is 0.0442. The number of benzene rings is 2. The van der Waals surface area contributed by atoms with Crippen LogP contribution in [0.4, 0.5) is 10.1 Å². The second-order valence-corrected chi connectivity index (χ2v) is 12.7. The van der Waals surface area contributed by atoms with Crippen LogP contribution in [0.3, 0.4) is 0 Å². The minimum absolute atomic E-state index is 0.0490. The smallest absolute Gasteiger partial charge is 0.265 e. The van der Waals surface area contributed by atoms with Crippen molar-refractivity contribution in [2.45, 2.75) is 44.8 Å². The summed E-state index contributed by atoms with van der Waals surface area (Å²) in [6.45, 7) is 7.82. The van der Waals surface area contributed by atoms with Crippen molar-refractivity contribution in [3.63, 3.8) is 0 Å². The van der Waals surface area contributed by atoms with Gasteiger partial charge in [0.15, 0.2) is 0 Å². The molecule has 0 bridgehead atoms. The van der Waals surface area contributed by atoms with E-state index >= 15 is 4.39 Å². The third kappa shape index (κ3) is 5.03. The molecular formula is C36H38FN5O3. The number of hydrogen-bond acceptors (Lipinski definition) is 6. The van der Waals surface area contributed by atoms with Crippen molar-refractivity contribution in [3.05, 3.63) is 82.9 Å². The van der Waals surface area contributed by atoms with Crippen LogP contribution in [0.1, 0.15) is 59.3 Å². The second-order valence-electron chi connectivity index (χ2n) is 12.7. The number of fused-ring (bicyclic) bond motifs is 2. The zero-order valence-electron chi connectivity index (χ0n) is 25.6. The van der Waals surface area contributed by atoms with Gasteiger partial charge in [-0.3, -0.25) is 9.69 Å². The largest absolute Gasteiger partial charge is 0.491 e. The van der Waals surface area contributed by atoms with E-state index in [0.29, 0.717) is 29.0 Å². The molecule has 3 aliphatic heterocycles. The number of aliphatic hydroxyl groups excluding tert-OH is 1. The van der Waals surface area contributed by atoms with Gasteiger partial charge in [0, 0.05) is 55.1 Å². The van der Waals surface area contributed by atoms with Crippen molar-refractivity contribution in [1.82, 2.24) is 19.8 Å². The summed E-state index contributed by atoms with van der Waals surface area (Å²) >= 11 is 0. The zero-order valence-corrected chi connectivity index (χ0v) is 25.6. The van der Waals surface area contributed by atoms with Crippen LogP contribution in [0.2, 0.25) is 0 Å². The molecule has 0 radical (unpaired) electrons. The molecule has 1 saturated carbocycles. The molecule has 232 valence electrons.